The van der Waals surface area contributed by atoms with Gasteiger partial charge in [-0.2, -0.15) is 0 Å². The van der Waals surface area contributed by atoms with E-state index in [0.29, 0.717) is 12.6 Å². The Hall–Kier alpha value is -2.07. The van der Waals surface area contributed by atoms with Crippen molar-refractivity contribution in [2.24, 2.45) is 0 Å². The summed E-state index contributed by atoms with van der Waals surface area (Å²) in [6, 6.07) is 16.3. The van der Waals surface area contributed by atoms with Crippen LogP contribution in [0.3, 0.4) is 0 Å². The van der Waals surface area contributed by atoms with E-state index in [4.69, 9.17) is 0 Å². The highest BCUT2D eigenvalue weighted by atomic mass is 79.9. The molecule has 4 rings (SSSR count). The normalized spacial score (nSPS) is 14.1. The van der Waals surface area contributed by atoms with Gasteiger partial charge in [0, 0.05) is 39.7 Å². The zero-order valence-corrected chi connectivity index (χ0v) is 14.2. The van der Waals surface area contributed by atoms with Crippen molar-refractivity contribution < 1.29 is 4.79 Å². The fraction of sp³-hybridized carbons (Fsp3) is 0.211. The summed E-state index contributed by atoms with van der Waals surface area (Å²) >= 11 is 3.42. The number of nitrogens with zero attached hydrogens (tertiary/aromatic N) is 1. The minimum atomic E-state index is 0.118. The Bertz CT molecular complexity index is 849. The summed E-state index contributed by atoms with van der Waals surface area (Å²) in [5, 5.41) is 1.20. The Morgan fingerprint density at radius 3 is 2.65 bits per heavy atom. The predicted molar refractivity (Wildman–Crippen MR) is 95.3 cm³/mol. The Morgan fingerprint density at radius 1 is 1.13 bits per heavy atom. The van der Waals surface area contributed by atoms with Crippen LogP contribution in [0, 0.1) is 0 Å². The van der Waals surface area contributed by atoms with Crippen LogP contribution in [0.25, 0.3) is 10.9 Å². The lowest BCUT2D eigenvalue weighted by Gasteiger charge is -2.23. The molecule has 2 aromatic carbocycles. The summed E-state index contributed by atoms with van der Waals surface area (Å²) in [5.74, 6) is 0.118. The van der Waals surface area contributed by atoms with E-state index in [1.165, 1.54) is 10.9 Å². The first-order valence-corrected chi connectivity index (χ1v) is 8.63. The second-order valence-electron chi connectivity index (χ2n) is 6.03. The van der Waals surface area contributed by atoms with Crippen LogP contribution in [-0.2, 0) is 6.54 Å². The van der Waals surface area contributed by atoms with Crippen molar-refractivity contribution in [2.75, 3.05) is 0 Å². The van der Waals surface area contributed by atoms with Gasteiger partial charge in [0.05, 0.1) is 0 Å². The number of hydrogen-bond acceptors (Lipinski definition) is 1. The molecule has 1 aliphatic carbocycles. The standard InChI is InChI=1S/C19H17BrN2O/c20-15-6-4-13(5-7-15)19(23)22(16-8-9-16)12-14-2-1-3-18-17(14)10-11-21-18/h1-7,10-11,16,21H,8-9,12H2. The second-order valence-corrected chi connectivity index (χ2v) is 6.94. The molecular formula is C19H17BrN2O. The van der Waals surface area contributed by atoms with Gasteiger partial charge in [-0.25, -0.2) is 0 Å². The van der Waals surface area contributed by atoms with Gasteiger partial charge < -0.3 is 9.88 Å². The van der Waals surface area contributed by atoms with E-state index in [1.54, 1.807) is 0 Å². The molecule has 0 aliphatic heterocycles. The van der Waals surface area contributed by atoms with E-state index < -0.39 is 0 Å². The maximum atomic E-state index is 12.9. The number of aromatic amines is 1. The number of halogens is 1. The van der Waals surface area contributed by atoms with Gasteiger partial charge in [-0.1, -0.05) is 28.1 Å². The number of H-pyrrole nitrogens is 1. The number of benzene rings is 2. The number of amides is 1. The molecule has 3 aromatic rings. The third-order valence-electron chi connectivity index (χ3n) is 4.37. The van der Waals surface area contributed by atoms with Crippen LogP contribution in [0.2, 0.25) is 0 Å². The highest BCUT2D eigenvalue weighted by Crippen LogP contribution is 2.31. The summed E-state index contributed by atoms with van der Waals surface area (Å²) in [4.78, 5) is 18.2. The van der Waals surface area contributed by atoms with Gasteiger partial charge in [-0.05, 0) is 54.8 Å². The molecule has 23 heavy (non-hydrogen) atoms. The Morgan fingerprint density at radius 2 is 1.91 bits per heavy atom. The first kappa shape index (κ1) is 14.5. The molecule has 0 atom stereocenters. The molecule has 1 aliphatic rings. The predicted octanol–water partition coefficient (Wildman–Crippen LogP) is 4.74. The lowest BCUT2D eigenvalue weighted by Crippen LogP contribution is -2.32. The van der Waals surface area contributed by atoms with Gasteiger partial charge in [-0.15, -0.1) is 0 Å². The largest absolute Gasteiger partial charge is 0.361 e. The number of fused-ring (bicyclic) bond motifs is 1. The average molecular weight is 369 g/mol. The average Bonchev–Trinajstić information content (AvgIpc) is 3.29. The first-order valence-electron chi connectivity index (χ1n) is 7.84. The minimum Gasteiger partial charge on any atom is -0.361 e. The SMILES string of the molecule is O=C(c1ccc(Br)cc1)N(Cc1cccc2[nH]ccc12)C1CC1. The number of carbonyl (C=O) groups excluding carboxylic acids is 1. The molecule has 0 radical (unpaired) electrons. The number of rotatable bonds is 4. The molecule has 1 amide bonds. The van der Waals surface area contributed by atoms with Gasteiger partial charge in [0.15, 0.2) is 0 Å². The van der Waals surface area contributed by atoms with E-state index in [9.17, 15) is 4.79 Å². The molecule has 4 heteroatoms. The zero-order valence-electron chi connectivity index (χ0n) is 12.6. The summed E-state index contributed by atoms with van der Waals surface area (Å²) < 4.78 is 0.990. The van der Waals surface area contributed by atoms with Crippen LogP contribution in [0.5, 0.6) is 0 Å². The Balaban J connectivity index is 1.65. The third kappa shape index (κ3) is 2.91. The van der Waals surface area contributed by atoms with E-state index in [0.717, 1.165) is 28.4 Å². The Kier molecular flexibility index (Phi) is 3.69. The highest BCUT2D eigenvalue weighted by Gasteiger charge is 2.33. The molecule has 0 saturated heterocycles. The van der Waals surface area contributed by atoms with Gasteiger partial charge in [0.25, 0.3) is 5.91 Å². The van der Waals surface area contributed by atoms with Gasteiger partial charge in [0.2, 0.25) is 0 Å². The molecule has 1 aromatic heterocycles. The highest BCUT2D eigenvalue weighted by molar-refractivity contribution is 9.10. The fourth-order valence-corrected chi connectivity index (χ4v) is 3.25. The zero-order chi connectivity index (χ0) is 15.8. The van der Waals surface area contributed by atoms with Crippen molar-refractivity contribution in [1.29, 1.82) is 0 Å². The van der Waals surface area contributed by atoms with E-state index in [-0.39, 0.29) is 5.91 Å². The van der Waals surface area contributed by atoms with Crippen LogP contribution in [-0.4, -0.2) is 21.8 Å². The maximum Gasteiger partial charge on any atom is 0.254 e. The van der Waals surface area contributed by atoms with Crippen molar-refractivity contribution in [3.05, 3.63) is 70.3 Å². The number of aromatic nitrogens is 1. The van der Waals surface area contributed by atoms with Crippen LogP contribution in [0.1, 0.15) is 28.8 Å². The molecule has 116 valence electrons. The van der Waals surface area contributed by atoms with Crippen LogP contribution in [0.15, 0.2) is 59.2 Å². The monoisotopic (exact) mass is 368 g/mol. The van der Waals surface area contributed by atoms with Crippen molar-refractivity contribution in [3.63, 3.8) is 0 Å². The first-order chi connectivity index (χ1) is 11.2. The van der Waals surface area contributed by atoms with E-state index in [1.807, 2.05) is 41.4 Å². The maximum absolute atomic E-state index is 12.9. The van der Waals surface area contributed by atoms with Crippen LogP contribution >= 0.6 is 15.9 Å². The van der Waals surface area contributed by atoms with Crippen LogP contribution < -0.4 is 0 Å². The van der Waals surface area contributed by atoms with Crippen LogP contribution in [0.4, 0.5) is 0 Å². The van der Waals surface area contributed by atoms with Crippen molar-refractivity contribution >= 4 is 32.7 Å². The Labute approximate surface area is 143 Å². The van der Waals surface area contributed by atoms with E-state index in [2.05, 4.69) is 39.1 Å². The van der Waals surface area contributed by atoms with Crippen molar-refractivity contribution in [2.45, 2.75) is 25.4 Å². The van der Waals surface area contributed by atoms with E-state index >= 15 is 0 Å². The van der Waals surface area contributed by atoms with Crippen molar-refractivity contribution in [3.8, 4) is 0 Å². The lowest BCUT2D eigenvalue weighted by atomic mass is 10.1. The summed E-state index contributed by atoms with van der Waals surface area (Å²) in [6.07, 6.45) is 4.16. The molecular weight excluding hydrogens is 352 g/mol. The molecule has 3 nitrogen and oxygen atoms in total. The number of hydrogen-bond donors (Lipinski definition) is 1. The summed E-state index contributed by atoms with van der Waals surface area (Å²) in [5.41, 5.74) is 3.07. The molecule has 0 unspecified atom stereocenters. The van der Waals surface area contributed by atoms with Gasteiger partial charge in [-0.3, -0.25) is 4.79 Å². The topological polar surface area (TPSA) is 36.1 Å². The third-order valence-corrected chi connectivity index (χ3v) is 4.89. The number of carbonyl (C=O) groups is 1. The lowest BCUT2D eigenvalue weighted by molar-refractivity contribution is 0.0730. The smallest absolute Gasteiger partial charge is 0.254 e. The molecule has 1 N–H and O–H groups in total. The second kappa shape index (κ2) is 5.85. The van der Waals surface area contributed by atoms with Crippen molar-refractivity contribution in [1.82, 2.24) is 9.88 Å². The molecule has 0 bridgehead atoms. The number of nitrogens with one attached hydrogen (secondary N) is 1. The molecule has 1 fully saturated rings. The quantitative estimate of drug-likeness (QED) is 0.709. The minimum absolute atomic E-state index is 0.118. The fourth-order valence-electron chi connectivity index (χ4n) is 2.98. The molecule has 1 heterocycles. The summed E-state index contributed by atoms with van der Waals surface area (Å²) in [6.45, 7) is 0.661. The molecule has 0 spiro atoms. The van der Waals surface area contributed by atoms with Gasteiger partial charge >= 0.3 is 0 Å². The summed E-state index contributed by atoms with van der Waals surface area (Å²) in [7, 11) is 0. The van der Waals surface area contributed by atoms with Gasteiger partial charge in [0.1, 0.15) is 0 Å². The molecule has 1 saturated carbocycles.